The monoisotopic (exact) mass is 227 g/mol. The number of rotatable bonds is 5. The summed E-state index contributed by atoms with van der Waals surface area (Å²) in [4.78, 5) is 4.32. The second-order valence-corrected chi connectivity index (χ2v) is 3.95. The van der Waals surface area contributed by atoms with E-state index in [1.807, 2.05) is 0 Å². The van der Waals surface area contributed by atoms with Crippen LogP contribution in [0, 0.1) is 0 Å². The Labute approximate surface area is 94.1 Å². The van der Waals surface area contributed by atoms with Gasteiger partial charge in [0.2, 0.25) is 5.89 Å². The number of aromatic nitrogens is 2. The zero-order chi connectivity index (χ0) is 11.4. The maximum Gasteiger partial charge on any atom is 0.233 e. The molecule has 2 heterocycles. The second-order valence-electron chi connectivity index (χ2n) is 3.95. The molecule has 2 rings (SSSR count). The minimum absolute atomic E-state index is 0.0349. The largest absolute Gasteiger partial charge is 0.385 e. The van der Waals surface area contributed by atoms with E-state index in [1.165, 1.54) is 0 Å². The molecule has 90 valence electrons. The Bertz CT molecular complexity index is 329. The molecule has 0 radical (unpaired) electrons. The lowest BCUT2D eigenvalue weighted by molar-refractivity contribution is 0.187. The van der Waals surface area contributed by atoms with Crippen LogP contribution in [-0.2, 0) is 15.9 Å². The molecule has 16 heavy (non-hydrogen) atoms. The maximum absolute atomic E-state index is 5.87. The predicted molar refractivity (Wildman–Crippen MR) is 56.0 cm³/mol. The van der Waals surface area contributed by atoms with Gasteiger partial charge in [-0.3, -0.25) is 0 Å². The molecule has 2 atom stereocenters. The van der Waals surface area contributed by atoms with Crippen molar-refractivity contribution >= 4 is 0 Å². The standard InChI is InChI=1S/C10H17N3O3/c1-14-4-2-3-9-12-10(16-13-9)7-5-15-6-8(7)11/h7-8H,2-6,11H2,1H3. The fraction of sp³-hybridized carbons (Fsp3) is 0.800. The first kappa shape index (κ1) is 11.5. The van der Waals surface area contributed by atoms with E-state index in [0.717, 1.165) is 12.8 Å². The first-order chi connectivity index (χ1) is 7.81. The normalized spacial score (nSPS) is 25.1. The zero-order valence-corrected chi connectivity index (χ0v) is 9.39. The van der Waals surface area contributed by atoms with Crippen LogP contribution in [0.4, 0.5) is 0 Å². The molecule has 1 aliphatic heterocycles. The second kappa shape index (κ2) is 5.38. The van der Waals surface area contributed by atoms with Gasteiger partial charge in [-0.2, -0.15) is 4.98 Å². The molecule has 1 fully saturated rings. The van der Waals surface area contributed by atoms with Gasteiger partial charge in [0.05, 0.1) is 19.1 Å². The molecule has 1 aliphatic rings. The number of hydrogen-bond donors (Lipinski definition) is 1. The molecule has 0 amide bonds. The first-order valence-electron chi connectivity index (χ1n) is 5.46. The molecule has 1 saturated heterocycles. The van der Waals surface area contributed by atoms with Crippen LogP contribution in [0.5, 0.6) is 0 Å². The van der Waals surface area contributed by atoms with Crippen molar-refractivity contribution in [3.05, 3.63) is 11.7 Å². The number of nitrogens with two attached hydrogens (primary N) is 1. The van der Waals surface area contributed by atoms with Gasteiger partial charge in [-0.25, -0.2) is 0 Å². The number of ether oxygens (including phenoxy) is 2. The number of hydrogen-bond acceptors (Lipinski definition) is 6. The molecule has 1 aromatic rings. The highest BCUT2D eigenvalue weighted by atomic mass is 16.5. The summed E-state index contributed by atoms with van der Waals surface area (Å²) < 4.78 is 15.4. The van der Waals surface area contributed by atoms with Gasteiger partial charge < -0.3 is 19.7 Å². The Balaban J connectivity index is 1.91. The van der Waals surface area contributed by atoms with E-state index in [2.05, 4.69) is 10.1 Å². The summed E-state index contributed by atoms with van der Waals surface area (Å²) in [5.74, 6) is 1.35. The summed E-state index contributed by atoms with van der Waals surface area (Å²) in [6.07, 6.45) is 1.66. The lowest BCUT2D eigenvalue weighted by Crippen LogP contribution is -2.27. The summed E-state index contributed by atoms with van der Waals surface area (Å²) >= 11 is 0. The third kappa shape index (κ3) is 2.58. The molecule has 0 aliphatic carbocycles. The smallest absolute Gasteiger partial charge is 0.233 e. The van der Waals surface area contributed by atoms with E-state index in [0.29, 0.717) is 31.5 Å². The molecule has 2 N–H and O–H groups in total. The Kier molecular flexibility index (Phi) is 3.87. The molecule has 0 saturated carbocycles. The highest BCUT2D eigenvalue weighted by Crippen LogP contribution is 2.22. The fourth-order valence-corrected chi connectivity index (χ4v) is 1.72. The molecule has 0 spiro atoms. The highest BCUT2D eigenvalue weighted by Gasteiger charge is 2.31. The molecule has 2 unspecified atom stereocenters. The molecular weight excluding hydrogens is 210 g/mol. The van der Waals surface area contributed by atoms with E-state index < -0.39 is 0 Å². The van der Waals surface area contributed by atoms with Gasteiger partial charge >= 0.3 is 0 Å². The summed E-state index contributed by atoms with van der Waals surface area (Å²) in [5, 5.41) is 3.91. The van der Waals surface area contributed by atoms with Gasteiger partial charge in [0, 0.05) is 26.2 Å². The topological polar surface area (TPSA) is 83.4 Å². The Hall–Kier alpha value is -0.980. The van der Waals surface area contributed by atoms with Crippen LogP contribution in [0.25, 0.3) is 0 Å². The van der Waals surface area contributed by atoms with Crippen LogP contribution in [-0.4, -0.2) is 43.1 Å². The molecule has 6 nitrogen and oxygen atoms in total. The van der Waals surface area contributed by atoms with Crippen molar-refractivity contribution in [2.24, 2.45) is 5.73 Å². The first-order valence-corrected chi connectivity index (χ1v) is 5.46. The van der Waals surface area contributed by atoms with E-state index in [-0.39, 0.29) is 12.0 Å². The van der Waals surface area contributed by atoms with Gasteiger partial charge in [0.25, 0.3) is 0 Å². The van der Waals surface area contributed by atoms with E-state index in [9.17, 15) is 0 Å². The van der Waals surface area contributed by atoms with Crippen molar-refractivity contribution in [1.29, 1.82) is 0 Å². The average Bonchev–Trinajstić information content (AvgIpc) is 2.87. The van der Waals surface area contributed by atoms with Crippen molar-refractivity contribution in [3.8, 4) is 0 Å². The Morgan fingerprint density at radius 3 is 3.06 bits per heavy atom. The summed E-state index contributed by atoms with van der Waals surface area (Å²) in [5.41, 5.74) is 5.87. The predicted octanol–water partition coefficient (Wildman–Crippen LogP) is 0.0897. The lowest BCUT2D eigenvalue weighted by Gasteiger charge is -2.06. The Morgan fingerprint density at radius 1 is 1.50 bits per heavy atom. The van der Waals surface area contributed by atoms with Gasteiger partial charge in [0.15, 0.2) is 5.82 Å². The van der Waals surface area contributed by atoms with Gasteiger partial charge in [-0.15, -0.1) is 0 Å². The fourth-order valence-electron chi connectivity index (χ4n) is 1.72. The van der Waals surface area contributed by atoms with Crippen LogP contribution in [0.2, 0.25) is 0 Å². The van der Waals surface area contributed by atoms with E-state index in [4.69, 9.17) is 19.7 Å². The number of aryl methyl sites for hydroxylation is 1. The zero-order valence-electron chi connectivity index (χ0n) is 9.39. The average molecular weight is 227 g/mol. The van der Waals surface area contributed by atoms with Crippen molar-refractivity contribution in [2.45, 2.75) is 24.8 Å². The molecule has 1 aromatic heterocycles. The third-order valence-electron chi connectivity index (χ3n) is 2.67. The molecule has 0 bridgehead atoms. The van der Waals surface area contributed by atoms with Crippen LogP contribution < -0.4 is 5.73 Å². The SMILES string of the molecule is COCCCc1noc(C2COCC2N)n1. The lowest BCUT2D eigenvalue weighted by atomic mass is 10.1. The van der Waals surface area contributed by atoms with Crippen LogP contribution in [0.3, 0.4) is 0 Å². The minimum atomic E-state index is -0.0349. The van der Waals surface area contributed by atoms with E-state index >= 15 is 0 Å². The quantitative estimate of drug-likeness (QED) is 0.718. The van der Waals surface area contributed by atoms with Crippen molar-refractivity contribution in [2.75, 3.05) is 26.9 Å². The third-order valence-corrected chi connectivity index (χ3v) is 2.67. The minimum Gasteiger partial charge on any atom is -0.385 e. The van der Waals surface area contributed by atoms with Crippen LogP contribution >= 0.6 is 0 Å². The highest BCUT2D eigenvalue weighted by molar-refractivity contribution is 5.01. The summed E-state index contributed by atoms with van der Waals surface area (Å²) in [7, 11) is 1.68. The Morgan fingerprint density at radius 2 is 2.38 bits per heavy atom. The van der Waals surface area contributed by atoms with Gasteiger partial charge in [-0.05, 0) is 6.42 Å². The molecule has 0 aromatic carbocycles. The van der Waals surface area contributed by atoms with Gasteiger partial charge in [0.1, 0.15) is 0 Å². The van der Waals surface area contributed by atoms with Crippen molar-refractivity contribution in [1.82, 2.24) is 10.1 Å². The number of nitrogens with zero attached hydrogens (tertiary/aromatic N) is 2. The summed E-state index contributed by atoms with van der Waals surface area (Å²) in [6.45, 7) is 1.84. The van der Waals surface area contributed by atoms with Crippen molar-refractivity contribution in [3.63, 3.8) is 0 Å². The number of methoxy groups -OCH3 is 1. The van der Waals surface area contributed by atoms with E-state index in [1.54, 1.807) is 7.11 Å². The van der Waals surface area contributed by atoms with Crippen molar-refractivity contribution < 1.29 is 14.0 Å². The molecular formula is C10H17N3O3. The molecule has 6 heteroatoms. The summed E-state index contributed by atoms with van der Waals surface area (Å²) in [6, 6.07) is -0.0349. The van der Waals surface area contributed by atoms with Gasteiger partial charge in [-0.1, -0.05) is 5.16 Å². The maximum atomic E-state index is 5.87. The van der Waals surface area contributed by atoms with Crippen LogP contribution in [0.15, 0.2) is 4.52 Å². The van der Waals surface area contributed by atoms with Crippen LogP contribution in [0.1, 0.15) is 24.1 Å².